The molecule has 88 valence electrons. The van der Waals surface area contributed by atoms with Crippen LogP contribution in [0.4, 0.5) is 0 Å². The van der Waals surface area contributed by atoms with E-state index in [-0.39, 0.29) is 11.9 Å². The molecule has 1 unspecified atom stereocenters. The van der Waals surface area contributed by atoms with Gasteiger partial charge in [-0.25, -0.2) is 0 Å². The first-order chi connectivity index (χ1) is 7.54. The first-order valence-corrected chi connectivity index (χ1v) is 6.41. The Labute approximate surface area is 106 Å². The van der Waals surface area contributed by atoms with Crippen LogP contribution in [0, 0.1) is 6.92 Å². The van der Waals surface area contributed by atoms with Crippen LogP contribution in [0.5, 0.6) is 0 Å². The zero-order chi connectivity index (χ0) is 12.1. The van der Waals surface area contributed by atoms with Gasteiger partial charge in [0, 0.05) is 16.1 Å². The van der Waals surface area contributed by atoms with Crippen molar-refractivity contribution < 1.29 is 4.79 Å². The first-order valence-electron chi connectivity index (χ1n) is 5.61. The van der Waals surface area contributed by atoms with E-state index in [2.05, 4.69) is 28.2 Å². The molecular weight excluding hydrogens is 266 g/mol. The molecule has 16 heavy (non-hydrogen) atoms. The van der Waals surface area contributed by atoms with Crippen LogP contribution < -0.4 is 5.32 Å². The summed E-state index contributed by atoms with van der Waals surface area (Å²) in [6.45, 7) is 6.15. The summed E-state index contributed by atoms with van der Waals surface area (Å²) in [5.74, 6) is 0.00153. The summed E-state index contributed by atoms with van der Waals surface area (Å²) in [6.07, 6.45) is 2.10. The maximum absolute atomic E-state index is 11.9. The standard InChI is InChI=1S/C13H18BrNO/c1-4-5-10(3)15-13(16)11-7-6-9(2)12(14)8-11/h6-8,10H,4-5H2,1-3H3,(H,15,16). The Morgan fingerprint density at radius 2 is 2.19 bits per heavy atom. The van der Waals surface area contributed by atoms with Crippen LogP contribution in [0.25, 0.3) is 0 Å². The molecule has 1 aromatic rings. The van der Waals surface area contributed by atoms with Gasteiger partial charge in [0.15, 0.2) is 0 Å². The number of carbonyl (C=O) groups is 1. The molecule has 1 aromatic carbocycles. The molecule has 0 aliphatic heterocycles. The van der Waals surface area contributed by atoms with E-state index in [1.54, 1.807) is 0 Å². The minimum absolute atomic E-state index is 0.00153. The number of halogens is 1. The van der Waals surface area contributed by atoms with Gasteiger partial charge in [-0.05, 0) is 38.0 Å². The van der Waals surface area contributed by atoms with E-state index < -0.39 is 0 Å². The third-order valence-corrected chi connectivity index (χ3v) is 3.39. The lowest BCUT2D eigenvalue weighted by molar-refractivity contribution is 0.0938. The Kier molecular flexibility index (Phi) is 5.00. The van der Waals surface area contributed by atoms with E-state index in [1.807, 2.05) is 32.0 Å². The van der Waals surface area contributed by atoms with Crippen molar-refractivity contribution >= 4 is 21.8 Å². The Morgan fingerprint density at radius 3 is 2.75 bits per heavy atom. The van der Waals surface area contributed by atoms with Crippen molar-refractivity contribution in [3.8, 4) is 0 Å². The molecule has 0 saturated heterocycles. The number of benzene rings is 1. The zero-order valence-electron chi connectivity index (χ0n) is 10.0. The lowest BCUT2D eigenvalue weighted by atomic mass is 10.1. The highest BCUT2D eigenvalue weighted by molar-refractivity contribution is 9.10. The maximum Gasteiger partial charge on any atom is 0.251 e. The molecule has 1 atom stereocenters. The van der Waals surface area contributed by atoms with Crippen LogP contribution in [-0.2, 0) is 0 Å². The van der Waals surface area contributed by atoms with E-state index >= 15 is 0 Å². The molecule has 0 saturated carbocycles. The second kappa shape index (κ2) is 6.04. The molecule has 1 N–H and O–H groups in total. The largest absolute Gasteiger partial charge is 0.350 e. The predicted molar refractivity (Wildman–Crippen MR) is 70.7 cm³/mol. The van der Waals surface area contributed by atoms with Gasteiger partial charge >= 0.3 is 0 Å². The van der Waals surface area contributed by atoms with Crippen LogP contribution in [0.3, 0.4) is 0 Å². The van der Waals surface area contributed by atoms with Crippen LogP contribution >= 0.6 is 15.9 Å². The van der Waals surface area contributed by atoms with E-state index in [4.69, 9.17) is 0 Å². The molecule has 1 rings (SSSR count). The summed E-state index contributed by atoms with van der Waals surface area (Å²) < 4.78 is 0.975. The Bertz CT molecular complexity index is 376. The molecule has 0 aliphatic carbocycles. The average Bonchev–Trinajstić information content (AvgIpc) is 2.22. The SMILES string of the molecule is CCCC(C)NC(=O)c1ccc(C)c(Br)c1. The van der Waals surface area contributed by atoms with Crippen molar-refractivity contribution in [2.75, 3.05) is 0 Å². The van der Waals surface area contributed by atoms with E-state index in [0.717, 1.165) is 22.9 Å². The van der Waals surface area contributed by atoms with Crippen molar-refractivity contribution in [1.29, 1.82) is 0 Å². The Morgan fingerprint density at radius 1 is 1.50 bits per heavy atom. The maximum atomic E-state index is 11.9. The van der Waals surface area contributed by atoms with Gasteiger partial charge in [0.1, 0.15) is 0 Å². The minimum atomic E-state index is 0.00153. The number of carbonyl (C=O) groups excluding carboxylic acids is 1. The fraction of sp³-hybridized carbons (Fsp3) is 0.462. The van der Waals surface area contributed by atoms with Gasteiger partial charge in [-0.15, -0.1) is 0 Å². The van der Waals surface area contributed by atoms with Crippen molar-refractivity contribution in [3.63, 3.8) is 0 Å². The van der Waals surface area contributed by atoms with Crippen molar-refractivity contribution in [2.45, 2.75) is 39.7 Å². The van der Waals surface area contributed by atoms with Gasteiger partial charge in [0.25, 0.3) is 5.91 Å². The molecule has 1 amide bonds. The summed E-state index contributed by atoms with van der Waals surface area (Å²) >= 11 is 3.43. The smallest absolute Gasteiger partial charge is 0.251 e. The van der Waals surface area contributed by atoms with E-state index in [9.17, 15) is 4.79 Å². The molecule has 0 radical (unpaired) electrons. The molecule has 0 aromatic heterocycles. The molecule has 0 bridgehead atoms. The van der Waals surface area contributed by atoms with Crippen LogP contribution in [0.1, 0.15) is 42.6 Å². The quantitative estimate of drug-likeness (QED) is 0.898. The number of hydrogen-bond acceptors (Lipinski definition) is 1. The first kappa shape index (κ1) is 13.2. The van der Waals surface area contributed by atoms with Gasteiger partial charge in [0.05, 0.1) is 0 Å². The normalized spacial score (nSPS) is 12.2. The summed E-state index contributed by atoms with van der Waals surface area (Å²) in [6, 6.07) is 5.90. The number of aryl methyl sites for hydroxylation is 1. The molecule has 0 spiro atoms. The number of rotatable bonds is 4. The average molecular weight is 284 g/mol. The van der Waals surface area contributed by atoms with Gasteiger partial charge < -0.3 is 5.32 Å². The third kappa shape index (κ3) is 3.63. The van der Waals surface area contributed by atoms with Crippen LogP contribution in [0.2, 0.25) is 0 Å². The zero-order valence-corrected chi connectivity index (χ0v) is 11.6. The lowest BCUT2D eigenvalue weighted by Gasteiger charge is -2.13. The predicted octanol–water partition coefficient (Wildman–Crippen LogP) is 3.68. The van der Waals surface area contributed by atoms with Gasteiger partial charge in [-0.1, -0.05) is 35.3 Å². The Balaban J connectivity index is 2.69. The summed E-state index contributed by atoms with van der Waals surface area (Å²) in [7, 11) is 0. The molecule has 0 fully saturated rings. The second-order valence-corrected chi connectivity index (χ2v) is 4.98. The van der Waals surface area contributed by atoms with Crippen LogP contribution in [0.15, 0.2) is 22.7 Å². The topological polar surface area (TPSA) is 29.1 Å². The van der Waals surface area contributed by atoms with Crippen molar-refractivity contribution in [1.82, 2.24) is 5.32 Å². The number of hydrogen-bond donors (Lipinski definition) is 1. The lowest BCUT2D eigenvalue weighted by Crippen LogP contribution is -2.32. The summed E-state index contributed by atoms with van der Waals surface area (Å²) in [5, 5.41) is 2.98. The summed E-state index contributed by atoms with van der Waals surface area (Å²) in [5.41, 5.74) is 1.85. The number of nitrogens with one attached hydrogen (secondary N) is 1. The highest BCUT2D eigenvalue weighted by Crippen LogP contribution is 2.17. The van der Waals surface area contributed by atoms with Gasteiger partial charge in [0.2, 0.25) is 0 Å². The van der Waals surface area contributed by atoms with Gasteiger partial charge in [-0.2, -0.15) is 0 Å². The molecule has 3 heteroatoms. The molecule has 0 heterocycles. The monoisotopic (exact) mass is 283 g/mol. The summed E-state index contributed by atoms with van der Waals surface area (Å²) in [4.78, 5) is 11.9. The Hall–Kier alpha value is -0.830. The fourth-order valence-electron chi connectivity index (χ4n) is 1.55. The van der Waals surface area contributed by atoms with Crippen LogP contribution in [-0.4, -0.2) is 11.9 Å². The van der Waals surface area contributed by atoms with Gasteiger partial charge in [-0.3, -0.25) is 4.79 Å². The van der Waals surface area contributed by atoms with Crippen molar-refractivity contribution in [3.05, 3.63) is 33.8 Å². The second-order valence-electron chi connectivity index (χ2n) is 4.13. The number of amides is 1. The van der Waals surface area contributed by atoms with E-state index in [1.165, 1.54) is 0 Å². The molecule has 2 nitrogen and oxygen atoms in total. The highest BCUT2D eigenvalue weighted by Gasteiger charge is 2.09. The highest BCUT2D eigenvalue weighted by atomic mass is 79.9. The minimum Gasteiger partial charge on any atom is -0.350 e. The third-order valence-electron chi connectivity index (χ3n) is 2.53. The molecule has 0 aliphatic rings. The molecular formula is C13H18BrNO. The van der Waals surface area contributed by atoms with Crippen molar-refractivity contribution in [2.24, 2.45) is 0 Å². The van der Waals surface area contributed by atoms with E-state index in [0.29, 0.717) is 5.56 Å². The fourth-order valence-corrected chi connectivity index (χ4v) is 1.93.